The Morgan fingerprint density at radius 2 is 2.03 bits per heavy atom. The predicted molar refractivity (Wildman–Crippen MR) is 123 cm³/mol. The summed E-state index contributed by atoms with van der Waals surface area (Å²) in [5, 5.41) is 8.48. The second-order valence-corrected chi connectivity index (χ2v) is 7.45. The van der Waals surface area contributed by atoms with Crippen molar-refractivity contribution in [2.45, 2.75) is 6.04 Å². The first-order valence-corrected chi connectivity index (χ1v) is 10.4. The van der Waals surface area contributed by atoms with Gasteiger partial charge in [0.1, 0.15) is 24.2 Å². The Balaban J connectivity index is 1.32. The zero-order valence-corrected chi connectivity index (χ0v) is 17.6. The summed E-state index contributed by atoms with van der Waals surface area (Å²) in [5.41, 5.74) is 2.62. The highest BCUT2D eigenvalue weighted by Crippen LogP contribution is 2.27. The van der Waals surface area contributed by atoms with E-state index in [1.807, 2.05) is 76.5 Å². The van der Waals surface area contributed by atoms with Crippen LogP contribution >= 0.6 is 0 Å². The standard InChI is InChI=1S/C24H23N5O3/c1-31-12-13-32-18-10-11-28-22(16-25-23(28)14-18)24(30)27-20-8-5-9-21-19(20)15-26-29(21)17-6-3-2-4-7-17/h2-11,14-15,22H,12-13,16H2,1H3,(H,27,30). The van der Waals surface area contributed by atoms with Gasteiger partial charge in [-0.3, -0.25) is 9.79 Å². The Morgan fingerprint density at radius 3 is 2.88 bits per heavy atom. The van der Waals surface area contributed by atoms with E-state index in [0.29, 0.717) is 25.5 Å². The number of carbonyl (C=O) groups excluding carboxylic acids is 1. The number of amidine groups is 1. The molecule has 0 fully saturated rings. The van der Waals surface area contributed by atoms with Gasteiger partial charge in [-0.2, -0.15) is 5.10 Å². The number of para-hydroxylation sites is 1. The van der Waals surface area contributed by atoms with Crippen molar-refractivity contribution in [1.29, 1.82) is 0 Å². The number of ether oxygens (including phenoxy) is 2. The fraction of sp³-hybridized carbons (Fsp3) is 0.208. The molecule has 3 heterocycles. The van der Waals surface area contributed by atoms with Crippen LogP contribution < -0.4 is 5.32 Å². The van der Waals surface area contributed by atoms with Crippen LogP contribution in [-0.2, 0) is 14.3 Å². The molecule has 162 valence electrons. The second kappa shape index (κ2) is 8.68. The molecular weight excluding hydrogens is 406 g/mol. The van der Waals surface area contributed by atoms with Gasteiger partial charge in [-0.1, -0.05) is 24.3 Å². The number of aromatic nitrogens is 2. The number of allylic oxidation sites excluding steroid dienone is 1. The summed E-state index contributed by atoms with van der Waals surface area (Å²) in [6, 6.07) is 15.3. The van der Waals surface area contributed by atoms with Crippen molar-refractivity contribution in [3.8, 4) is 5.69 Å². The summed E-state index contributed by atoms with van der Waals surface area (Å²) >= 11 is 0. The molecule has 1 amide bonds. The van der Waals surface area contributed by atoms with Crippen LogP contribution in [0.2, 0.25) is 0 Å². The van der Waals surface area contributed by atoms with Gasteiger partial charge in [0.2, 0.25) is 5.91 Å². The molecule has 0 saturated carbocycles. The molecule has 0 spiro atoms. The maximum absolute atomic E-state index is 13.1. The van der Waals surface area contributed by atoms with E-state index in [-0.39, 0.29) is 5.91 Å². The van der Waals surface area contributed by atoms with Gasteiger partial charge >= 0.3 is 0 Å². The molecule has 0 radical (unpaired) electrons. The molecule has 8 heteroatoms. The lowest BCUT2D eigenvalue weighted by Crippen LogP contribution is -2.42. The molecular formula is C24H23N5O3. The Kier molecular flexibility index (Phi) is 5.43. The monoisotopic (exact) mass is 429 g/mol. The maximum Gasteiger partial charge on any atom is 0.249 e. The van der Waals surface area contributed by atoms with Crippen LogP contribution in [0.5, 0.6) is 0 Å². The summed E-state index contributed by atoms with van der Waals surface area (Å²) in [7, 11) is 1.63. The number of methoxy groups -OCH3 is 1. The molecule has 1 aromatic heterocycles. The van der Waals surface area contributed by atoms with Crippen LogP contribution in [0.4, 0.5) is 5.69 Å². The molecule has 5 rings (SSSR count). The Hall–Kier alpha value is -3.91. The zero-order chi connectivity index (χ0) is 21.9. The van der Waals surface area contributed by atoms with Crippen molar-refractivity contribution in [3.05, 3.63) is 78.8 Å². The fourth-order valence-corrected chi connectivity index (χ4v) is 3.83. The highest BCUT2D eigenvalue weighted by atomic mass is 16.5. The van der Waals surface area contributed by atoms with Crippen molar-refractivity contribution in [2.75, 3.05) is 32.2 Å². The molecule has 0 saturated heterocycles. The van der Waals surface area contributed by atoms with E-state index in [1.165, 1.54) is 0 Å². The quantitative estimate of drug-likeness (QED) is 0.584. The summed E-state index contributed by atoms with van der Waals surface area (Å²) in [6.07, 6.45) is 7.30. The van der Waals surface area contributed by atoms with Crippen molar-refractivity contribution in [1.82, 2.24) is 14.7 Å². The molecule has 32 heavy (non-hydrogen) atoms. The molecule has 0 aliphatic carbocycles. The first kappa shape index (κ1) is 20.0. The van der Waals surface area contributed by atoms with E-state index in [4.69, 9.17) is 9.47 Å². The third kappa shape index (κ3) is 3.76. The highest BCUT2D eigenvalue weighted by Gasteiger charge is 2.33. The second-order valence-electron chi connectivity index (χ2n) is 7.45. The lowest BCUT2D eigenvalue weighted by Gasteiger charge is -2.25. The third-order valence-corrected chi connectivity index (χ3v) is 5.43. The van der Waals surface area contributed by atoms with Gasteiger partial charge in [-0.05, 0) is 30.3 Å². The van der Waals surface area contributed by atoms with Gasteiger partial charge in [-0.15, -0.1) is 0 Å². The van der Waals surface area contributed by atoms with Gasteiger partial charge < -0.3 is 19.7 Å². The average molecular weight is 429 g/mol. The summed E-state index contributed by atoms with van der Waals surface area (Å²) < 4.78 is 12.5. The van der Waals surface area contributed by atoms with E-state index < -0.39 is 6.04 Å². The van der Waals surface area contributed by atoms with E-state index in [2.05, 4.69) is 15.4 Å². The fourth-order valence-electron chi connectivity index (χ4n) is 3.83. The van der Waals surface area contributed by atoms with Gasteiger partial charge in [0.25, 0.3) is 0 Å². The molecule has 2 aromatic carbocycles. The van der Waals surface area contributed by atoms with Crippen LogP contribution in [-0.4, -0.2) is 59.3 Å². The van der Waals surface area contributed by atoms with E-state index in [9.17, 15) is 4.79 Å². The van der Waals surface area contributed by atoms with E-state index >= 15 is 0 Å². The number of amides is 1. The number of hydrogen-bond acceptors (Lipinski definition) is 6. The zero-order valence-electron chi connectivity index (χ0n) is 17.6. The lowest BCUT2D eigenvalue weighted by molar-refractivity contribution is -0.118. The minimum Gasteiger partial charge on any atom is -0.491 e. The number of hydrogen-bond donors (Lipinski definition) is 1. The minimum atomic E-state index is -0.419. The van der Waals surface area contributed by atoms with Gasteiger partial charge in [0.05, 0.1) is 36.2 Å². The third-order valence-electron chi connectivity index (χ3n) is 5.43. The van der Waals surface area contributed by atoms with Crippen molar-refractivity contribution in [3.63, 3.8) is 0 Å². The molecule has 2 aliphatic heterocycles. The van der Waals surface area contributed by atoms with Crippen LogP contribution in [0.3, 0.4) is 0 Å². The van der Waals surface area contributed by atoms with Crippen molar-refractivity contribution in [2.24, 2.45) is 4.99 Å². The number of carbonyl (C=O) groups is 1. The molecule has 0 bridgehead atoms. The summed E-state index contributed by atoms with van der Waals surface area (Å²) in [4.78, 5) is 19.5. The first-order valence-electron chi connectivity index (χ1n) is 10.4. The largest absolute Gasteiger partial charge is 0.491 e. The number of fused-ring (bicyclic) bond motifs is 2. The van der Waals surface area contributed by atoms with Crippen LogP contribution in [0.1, 0.15) is 0 Å². The highest BCUT2D eigenvalue weighted by molar-refractivity contribution is 6.07. The molecule has 2 aliphatic rings. The SMILES string of the molecule is COCCOC1=CC2=NCC(C(=O)Nc3cccc4c3cnn4-c3ccccc3)N2C=C1. The lowest BCUT2D eigenvalue weighted by atomic mass is 10.2. The molecule has 1 atom stereocenters. The Bertz CT molecular complexity index is 1230. The van der Waals surface area contributed by atoms with Gasteiger partial charge in [0, 0.05) is 24.8 Å². The van der Waals surface area contributed by atoms with Crippen molar-refractivity contribution < 1.29 is 14.3 Å². The Morgan fingerprint density at radius 1 is 1.16 bits per heavy atom. The molecule has 8 nitrogen and oxygen atoms in total. The minimum absolute atomic E-state index is 0.120. The average Bonchev–Trinajstić information content (AvgIpc) is 3.45. The van der Waals surface area contributed by atoms with E-state index in [1.54, 1.807) is 13.3 Å². The number of nitrogens with one attached hydrogen (secondary N) is 1. The van der Waals surface area contributed by atoms with Gasteiger partial charge in [-0.25, -0.2) is 4.68 Å². The smallest absolute Gasteiger partial charge is 0.249 e. The van der Waals surface area contributed by atoms with Crippen LogP contribution in [0.15, 0.2) is 83.8 Å². The number of aliphatic imine (C=N–C) groups is 1. The van der Waals surface area contributed by atoms with Gasteiger partial charge in [0.15, 0.2) is 0 Å². The number of anilines is 1. The number of nitrogens with zero attached hydrogens (tertiary/aromatic N) is 4. The van der Waals surface area contributed by atoms with Crippen molar-refractivity contribution >= 4 is 28.3 Å². The number of benzene rings is 2. The molecule has 1 unspecified atom stereocenters. The van der Waals surface area contributed by atoms with E-state index in [0.717, 1.165) is 28.1 Å². The first-order chi connectivity index (χ1) is 15.7. The normalized spacial score (nSPS) is 17.2. The maximum atomic E-state index is 13.1. The van der Waals surface area contributed by atoms with Crippen LogP contribution in [0, 0.1) is 0 Å². The van der Waals surface area contributed by atoms with Crippen LogP contribution in [0.25, 0.3) is 16.6 Å². The molecule has 1 N–H and O–H groups in total. The Labute approximate surface area is 185 Å². The summed E-state index contributed by atoms with van der Waals surface area (Å²) in [5.74, 6) is 1.30. The molecule has 3 aromatic rings. The predicted octanol–water partition coefficient (Wildman–Crippen LogP) is 3.12. The topological polar surface area (TPSA) is 81.0 Å². The number of rotatable bonds is 7. The summed E-state index contributed by atoms with van der Waals surface area (Å²) in [6.45, 7) is 1.36.